The smallest absolute Gasteiger partial charge is 0.228 e. The number of fused-ring (bicyclic) bond motifs is 1. The minimum atomic E-state index is -0.0656. The molecular formula is C26H25ClN6O. The van der Waals surface area contributed by atoms with Gasteiger partial charge in [-0.05, 0) is 60.5 Å². The molecule has 1 aliphatic rings. The molecule has 1 saturated heterocycles. The predicted molar refractivity (Wildman–Crippen MR) is 137 cm³/mol. The molecule has 5 rings (SSSR count). The van der Waals surface area contributed by atoms with Gasteiger partial charge in [-0.25, -0.2) is 15.0 Å². The Labute approximate surface area is 203 Å². The zero-order chi connectivity index (χ0) is 23.5. The maximum Gasteiger partial charge on any atom is 0.228 e. The zero-order valence-corrected chi connectivity index (χ0v) is 19.7. The Hall–Kier alpha value is -3.71. The van der Waals surface area contributed by atoms with Crippen LogP contribution in [0, 0.1) is 6.92 Å². The highest BCUT2D eigenvalue weighted by atomic mass is 35.5. The molecule has 2 aromatic heterocycles. The maximum absolute atomic E-state index is 12.5. The van der Waals surface area contributed by atoms with Crippen molar-refractivity contribution in [1.29, 1.82) is 0 Å². The Kier molecular flexibility index (Phi) is 6.27. The van der Waals surface area contributed by atoms with E-state index >= 15 is 0 Å². The van der Waals surface area contributed by atoms with Crippen molar-refractivity contribution in [3.8, 4) is 0 Å². The summed E-state index contributed by atoms with van der Waals surface area (Å²) in [7, 11) is 0. The standard InChI is InChI=1S/C26H25ClN6O/c1-18-15-24(32-11-13-33(14-12-32)26-28-9-2-10-29-26)31-23-8-7-21(17-22(18)23)30-25(34)16-19-3-5-20(27)6-4-19/h2-10,15,17H,11-14,16H2,1H3,(H,30,34). The van der Waals surface area contributed by atoms with E-state index in [1.165, 1.54) is 0 Å². The van der Waals surface area contributed by atoms with E-state index in [0.29, 0.717) is 11.4 Å². The lowest BCUT2D eigenvalue weighted by molar-refractivity contribution is -0.115. The predicted octanol–water partition coefficient (Wildman–Crippen LogP) is 4.49. The molecule has 0 saturated carbocycles. The number of halogens is 1. The number of aryl methyl sites for hydroxylation is 1. The molecule has 0 atom stereocenters. The number of carbonyl (C=O) groups excluding carboxylic acids is 1. The van der Waals surface area contributed by atoms with Crippen LogP contribution in [0.4, 0.5) is 17.5 Å². The molecule has 3 heterocycles. The lowest BCUT2D eigenvalue weighted by atomic mass is 10.1. The molecular weight excluding hydrogens is 448 g/mol. The van der Waals surface area contributed by atoms with E-state index in [4.69, 9.17) is 16.6 Å². The topological polar surface area (TPSA) is 74.2 Å². The van der Waals surface area contributed by atoms with E-state index in [2.05, 4.69) is 38.1 Å². The molecule has 0 radical (unpaired) electrons. The van der Waals surface area contributed by atoms with Gasteiger partial charge in [-0.1, -0.05) is 23.7 Å². The van der Waals surface area contributed by atoms with Gasteiger partial charge in [-0.15, -0.1) is 0 Å². The molecule has 1 N–H and O–H groups in total. The van der Waals surface area contributed by atoms with Crippen LogP contribution in [0.3, 0.4) is 0 Å². The molecule has 0 aliphatic carbocycles. The molecule has 2 aromatic carbocycles. The number of nitrogens with one attached hydrogen (secondary N) is 1. The van der Waals surface area contributed by atoms with Crippen LogP contribution in [-0.2, 0) is 11.2 Å². The van der Waals surface area contributed by atoms with Crippen LogP contribution in [-0.4, -0.2) is 47.0 Å². The summed E-state index contributed by atoms with van der Waals surface area (Å²) in [6, 6.07) is 17.1. The van der Waals surface area contributed by atoms with Crippen molar-refractivity contribution in [2.45, 2.75) is 13.3 Å². The van der Waals surface area contributed by atoms with Gasteiger partial charge < -0.3 is 15.1 Å². The third-order valence-electron chi connectivity index (χ3n) is 6.00. The molecule has 0 spiro atoms. The van der Waals surface area contributed by atoms with Gasteiger partial charge in [-0.2, -0.15) is 0 Å². The minimum Gasteiger partial charge on any atom is -0.353 e. The highest BCUT2D eigenvalue weighted by molar-refractivity contribution is 6.30. The molecule has 34 heavy (non-hydrogen) atoms. The lowest BCUT2D eigenvalue weighted by Crippen LogP contribution is -2.47. The van der Waals surface area contributed by atoms with Gasteiger partial charge >= 0.3 is 0 Å². The first-order valence-corrected chi connectivity index (χ1v) is 11.7. The first kappa shape index (κ1) is 22.1. The second kappa shape index (κ2) is 9.65. The van der Waals surface area contributed by atoms with E-state index in [1.54, 1.807) is 24.5 Å². The number of carbonyl (C=O) groups is 1. The fourth-order valence-corrected chi connectivity index (χ4v) is 4.33. The molecule has 8 heteroatoms. The summed E-state index contributed by atoms with van der Waals surface area (Å²) < 4.78 is 0. The van der Waals surface area contributed by atoms with Crippen LogP contribution in [0.5, 0.6) is 0 Å². The van der Waals surface area contributed by atoms with Crippen LogP contribution in [0.2, 0.25) is 5.02 Å². The zero-order valence-electron chi connectivity index (χ0n) is 18.9. The van der Waals surface area contributed by atoms with Gasteiger partial charge in [0.05, 0.1) is 11.9 Å². The van der Waals surface area contributed by atoms with E-state index in [9.17, 15) is 4.79 Å². The Morgan fingerprint density at radius 2 is 1.68 bits per heavy atom. The number of amides is 1. The molecule has 4 aromatic rings. The third kappa shape index (κ3) is 4.94. The SMILES string of the molecule is Cc1cc(N2CCN(c3ncccn3)CC2)nc2ccc(NC(=O)Cc3ccc(Cl)cc3)cc12. The second-order valence-corrected chi connectivity index (χ2v) is 8.84. The number of anilines is 3. The average Bonchev–Trinajstić information content (AvgIpc) is 2.86. The van der Waals surface area contributed by atoms with Crippen molar-refractivity contribution < 1.29 is 4.79 Å². The van der Waals surface area contributed by atoms with Crippen LogP contribution in [0.25, 0.3) is 10.9 Å². The van der Waals surface area contributed by atoms with Crippen molar-refractivity contribution >= 4 is 45.9 Å². The Balaban J connectivity index is 1.27. The number of rotatable bonds is 5. The number of hydrogen-bond donors (Lipinski definition) is 1. The highest BCUT2D eigenvalue weighted by Gasteiger charge is 2.20. The van der Waals surface area contributed by atoms with Gasteiger partial charge in [0.2, 0.25) is 11.9 Å². The second-order valence-electron chi connectivity index (χ2n) is 8.40. The van der Waals surface area contributed by atoms with E-state index < -0.39 is 0 Å². The molecule has 7 nitrogen and oxygen atoms in total. The Morgan fingerprint density at radius 1 is 0.971 bits per heavy atom. The molecule has 1 aliphatic heterocycles. The van der Waals surface area contributed by atoms with Crippen molar-refractivity contribution in [1.82, 2.24) is 15.0 Å². The minimum absolute atomic E-state index is 0.0656. The molecule has 0 bridgehead atoms. The van der Waals surface area contributed by atoms with E-state index in [-0.39, 0.29) is 5.91 Å². The first-order chi connectivity index (χ1) is 16.5. The summed E-state index contributed by atoms with van der Waals surface area (Å²) in [4.78, 5) is 30.6. The largest absolute Gasteiger partial charge is 0.353 e. The lowest BCUT2D eigenvalue weighted by Gasteiger charge is -2.35. The third-order valence-corrected chi connectivity index (χ3v) is 6.25. The number of hydrogen-bond acceptors (Lipinski definition) is 6. The molecule has 1 amide bonds. The van der Waals surface area contributed by atoms with Crippen LogP contribution >= 0.6 is 11.6 Å². The fraction of sp³-hybridized carbons (Fsp3) is 0.231. The number of pyridine rings is 1. The maximum atomic E-state index is 12.5. The van der Waals surface area contributed by atoms with Crippen molar-refractivity contribution in [3.63, 3.8) is 0 Å². The average molecular weight is 473 g/mol. The fourth-order valence-electron chi connectivity index (χ4n) is 4.20. The molecule has 1 fully saturated rings. The van der Waals surface area contributed by atoms with Gasteiger partial charge in [0.15, 0.2) is 0 Å². The van der Waals surface area contributed by atoms with Crippen LogP contribution < -0.4 is 15.1 Å². The van der Waals surface area contributed by atoms with Gasteiger partial charge in [0.25, 0.3) is 0 Å². The van der Waals surface area contributed by atoms with Crippen molar-refractivity contribution in [3.05, 3.63) is 83.1 Å². The summed E-state index contributed by atoms with van der Waals surface area (Å²) in [6.07, 6.45) is 3.85. The Bertz CT molecular complexity index is 1300. The Morgan fingerprint density at radius 3 is 2.41 bits per heavy atom. The van der Waals surface area contributed by atoms with Gasteiger partial charge in [-0.3, -0.25) is 4.79 Å². The summed E-state index contributed by atoms with van der Waals surface area (Å²) >= 11 is 5.92. The van der Waals surface area contributed by atoms with Crippen molar-refractivity contribution in [2.75, 3.05) is 41.3 Å². The highest BCUT2D eigenvalue weighted by Crippen LogP contribution is 2.26. The summed E-state index contributed by atoms with van der Waals surface area (Å²) in [5.74, 6) is 1.68. The molecule has 172 valence electrons. The van der Waals surface area contributed by atoms with Crippen LogP contribution in [0.1, 0.15) is 11.1 Å². The normalized spacial score (nSPS) is 13.8. The van der Waals surface area contributed by atoms with E-state index in [1.807, 2.05) is 36.4 Å². The summed E-state index contributed by atoms with van der Waals surface area (Å²) in [6.45, 7) is 5.49. The number of piperazine rings is 1. The number of nitrogens with zero attached hydrogens (tertiary/aromatic N) is 5. The van der Waals surface area contributed by atoms with Gasteiger partial charge in [0, 0.05) is 54.7 Å². The van der Waals surface area contributed by atoms with Crippen LogP contribution in [0.15, 0.2) is 67.0 Å². The number of aromatic nitrogens is 3. The van der Waals surface area contributed by atoms with Gasteiger partial charge in [0.1, 0.15) is 5.82 Å². The van der Waals surface area contributed by atoms with E-state index in [0.717, 1.165) is 65.7 Å². The summed E-state index contributed by atoms with van der Waals surface area (Å²) in [5.41, 5.74) is 3.73. The monoisotopic (exact) mass is 472 g/mol. The summed E-state index contributed by atoms with van der Waals surface area (Å²) in [5, 5.41) is 4.69. The molecule has 0 unspecified atom stereocenters. The quantitative estimate of drug-likeness (QED) is 0.461. The van der Waals surface area contributed by atoms with Crippen molar-refractivity contribution in [2.24, 2.45) is 0 Å². The number of benzene rings is 2. The first-order valence-electron chi connectivity index (χ1n) is 11.3.